The molecule has 0 aliphatic rings. The van der Waals surface area contributed by atoms with E-state index in [2.05, 4.69) is 39.0 Å². The largest absolute Gasteiger partial charge is 0.410 e. The highest BCUT2D eigenvalue weighted by Crippen LogP contribution is 2.27. The van der Waals surface area contributed by atoms with Crippen LogP contribution in [0.4, 0.5) is 10.6 Å². The molecule has 0 aliphatic heterocycles. The monoisotopic (exact) mass is 368 g/mol. The van der Waals surface area contributed by atoms with Crippen LogP contribution < -0.4 is 15.8 Å². The van der Waals surface area contributed by atoms with E-state index in [0.29, 0.717) is 22.8 Å². The van der Waals surface area contributed by atoms with Crippen molar-refractivity contribution in [1.29, 1.82) is 0 Å². The van der Waals surface area contributed by atoms with Crippen LogP contribution in [0.25, 0.3) is 22.6 Å². The summed E-state index contributed by atoms with van der Waals surface area (Å²) >= 11 is 0. The first-order valence-electron chi connectivity index (χ1n) is 9.00. The Morgan fingerprint density at radius 3 is 2.70 bits per heavy atom. The van der Waals surface area contributed by atoms with Crippen molar-refractivity contribution in [3.8, 4) is 17.3 Å². The van der Waals surface area contributed by atoms with E-state index in [1.165, 1.54) is 0 Å². The first-order valence-corrected chi connectivity index (χ1v) is 9.00. The number of nitrogens with one attached hydrogen (secondary N) is 2. The number of nitrogens with two attached hydrogens (primary N) is 1. The minimum Gasteiger partial charge on any atom is -0.408 e. The Bertz CT molecular complexity index is 919. The van der Waals surface area contributed by atoms with Crippen LogP contribution in [0.2, 0.25) is 0 Å². The molecule has 0 fully saturated rings. The summed E-state index contributed by atoms with van der Waals surface area (Å²) in [6, 6.07) is 11.0. The van der Waals surface area contributed by atoms with Crippen molar-refractivity contribution in [1.82, 2.24) is 19.9 Å². The van der Waals surface area contributed by atoms with Gasteiger partial charge in [-0.15, -0.1) is 0 Å². The molecule has 8 nitrogen and oxygen atoms in total. The van der Waals surface area contributed by atoms with Crippen LogP contribution in [0.1, 0.15) is 13.8 Å². The highest BCUT2D eigenvalue weighted by Gasteiger charge is 2.12. The number of hydrogen-bond donors (Lipinski definition) is 3. The number of H-pyrrole nitrogens is 1. The van der Waals surface area contributed by atoms with Crippen molar-refractivity contribution in [3.63, 3.8) is 0 Å². The predicted molar refractivity (Wildman–Crippen MR) is 106 cm³/mol. The molecule has 27 heavy (non-hydrogen) atoms. The number of para-hydroxylation sites is 1. The standard InChI is InChI=1S/C19H24N6O2/c1-3-25(4-2)12-11-21-16-10-6-8-14(22-16)18-23-13-7-5-9-15(17(13)24-18)27-19(20)26/h5-10H,3-4,11-12H2,1-2H3,(H2,20,26)(H,21,22)(H,23,24). The highest BCUT2D eigenvalue weighted by atomic mass is 16.5. The third kappa shape index (κ3) is 4.53. The molecule has 0 radical (unpaired) electrons. The number of ether oxygens (including phenoxy) is 1. The van der Waals surface area contributed by atoms with Gasteiger partial charge >= 0.3 is 6.09 Å². The first-order chi connectivity index (χ1) is 13.1. The molecule has 1 aromatic carbocycles. The Balaban J connectivity index is 1.79. The van der Waals surface area contributed by atoms with Gasteiger partial charge in [-0.1, -0.05) is 26.0 Å². The van der Waals surface area contributed by atoms with Crippen LogP contribution in [0, 0.1) is 0 Å². The Labute approximate surface area is 157 Å². The Hall–Kier alpha value is -3.13. The summed E-state index contributed by atoms with van der Waals surface area (Å²) in [5.41, 5.74) is 7.09. The van der Waals surface area contributed by atoms with E-state index in [0.717, 1.165) is 37.5 Å². The molecule has 3 aromatic rings. The van der Waals surface area contributed by atoms with Crippen molar-refractivity contribution in [2.45, 2.75) is 13.8 Å². The molecule has 142 valence electrons. The number of nitrogens with zero attached hydrogens (tertiary/aromatic N) is 3. The molecule has 0 spiro atoms. The number of carbonyl (C=O) groups is 1. The van der Waals surface area contributed by atoms with Crippen molar-refractivity contribution in [2.24, 2.45) is 5.73 Å². The molecule has 0 unspecified atom stereocenters. The van der Waals surface area contributed by atoms with Crippen molar-refractivity contribution >= 4 is 22.9 Å². The van der Waals surface area contributed by atoms with E-state index >= 15 is 0 Å². The molecule has 2 aromatic heterocycles. The highest BCUT2D eigenvalue weighted by molar-refractivity contribution is 5.86. The second kappa shape index (κ2) is 8.50. The van der Waals surface area contributed by atoms with E-state index in [1.807, 2.05) is 24.3 Å². The fourth-order valence-electron chi connectivity index (χ4n) is 2.86. The van der Waals surface area contributed by atoms with Gasteiger partial charge in [0.05, 0.1) is 5.52 Å². The molecule has 2 heterocycles. The molecule has 0 atom stereocenters. The van der Waals surface area contributed by atoms with E-state index in [-0.39, 0.29) is 0 Å². The molecule has 3 rings (SSSR count). The number of aromatic amines is 1. The van der Waals surface area contributed by atoms with E-state index in [1.54, 1.807) is 12.1 Å². The average Bonchev–Trinajstić information content (AvgIpc) is 3.11. The fourth-order valence-corrected chi connectivity index (χ4v) is 2.86. The zero-order valence-electron chi connectivity index (χ0n) is 15.5. The summed E-state index contributed by atoms with van der Waals surface area (Å²) in [5.74, 6) is 1.70. The van der Waals surface area contributed by atoms with Gasteiger partial charge in [-0.05, 0) is 37.4 Å². The lowest BCUT2D eigenvalue weighted by Gasteiger charge is -2.18. The Morgan fingerprint density at radius 2 is 1.96 bits per heavy atom. The molecule has 0 aliphatic carbocycles. The zero-order chi connectivity index (χ0) is 19.2. The van der Waals surface area contributed by atoms with E-state index in [4.69, 9.17) is 10.5 Å². The van der Waals surface area contributed by atoms with Crippen molar-refractivity contribution in [3.05, 3.63) is 36.4 Å². The number of aromatic nitrogens is 3. The van der Waals surface area contributed by atoms with Crippen molar-refractivity contribution < 1.29 is 9.53 Å². The van der Waals surface area contributed by atoms with Crippen LogP contribution in [-0.2, 0) is 0 Å². The number of pyridine rings is 1. The number of imidazole rings is 1. The number of amides is 1. The molecule has 0 bridgehead atoms. The van der Waals surface area contributed by atoms with Gasteiger partial charge in [0.15, 0.2) is 11.6 Å². The van der Waals surface area contributed by atoms with Crippen LogP contribution in [0.3, 0.4) is 0 Å². The Kier molecular flexibility index (Phi) is 5.87. The summed E-state index contributed by atoms with van der Waals surface area (Å²) < 4.78 is 5.02. The maximum Gasteiger partial charge on any atom is 0.410 e. The zero-order valence-corrected chi connectivity index (χ0v) is 15.5. The number of likely N-dealkylation sites (N-methyl/N-ethyl adjacent to an activating group) is 1. The third-order valence-electron chi connectivity index (χ3n) is 4.31. The van der Waals surface area contributed by atoms with Gasteiger partial charge in [0.1, 0.15) is 17.0 Å². The molecule has 0 saturated heterocycles. The second-order valence-electron chi connectivity index (χ2n) is 6.02. The minimum atomic E-state index is -0.871. The van der Waals surface area contributed by atoms with Crippen LogP contribution in [-0.4, -0.2) is 52.1 Å². The second-order valence-corrected chi connectivity index (χ2v) is 6.02. The molecular formula is C19H24N6O2. The molecule has 0 saturated carbocycles. The SMILES string of the molecule is CCN(CC)CCNc1cccc(-c2nc3c(OC(N)=O)cccc3[nH]2)n1. The van der Waals surface area contributed by atoms with E-state index in [9.17, 15) is 4.79 Å². The number of rotatable bonds is 8. The summed E-state index contributed by atoms with van der Waals surface area (Å²) in [6.07, 6.45) is -0.871. The first kappa shape index (κ1) is 18.7. The fraction of sp³-hybridized carbons (Fsp3) is 0.316. The van der Waals surface area contributed by atoms with Crippen LogP contribution in [0.5, 0.6) is 5.75 Å². The third-order valence-corrected chi connectivity index (χ3v) is 4.31. The van der Waals surface area contributed by atoms with Gasteiger partial charge in [-0.25, -0.2) is 14.8 Å². The lowest BCUT2D eigenvalue weighted by molar-refractivity contribution is 0.211. The quantitative estimate of drug-likeness (QED) is 0.564. The van der Waals surface area contributed by atoms with Crippen LogP contribution >= 0.6 is 0 Å². The Morgan fingerprint density at radius 1 is 1.19 bits per heavy atom. The summed E-state index contributed by atoms with van der Waals surface area (Å²) in [4.78, 5) is 25.8. The van der Waals surface area contributed by atoms with Crippen LogP contribution in [0.15, 0.2) is 36.4 Å². The predicted octanol–water partition coefficient (Wildman–Crippen LogP) is 2.84. The topological polar surface area (TPSA) is 109 Å². The molecular weight excluding hydrogens is 344 g/mol. The number of fused-ring (bicyclic) bond motifs is 1. The summed E-state index contributed by atoms with van der Waals surface area (Å²) in [7, 11) is 0. The van der Waals surface area contributed by atoms with Gasteiger partial charge in [0.25, 0.3) is 0 Å². The summed E-state index contributed by atoms with van der Waals surface area (Å²) in [6.45, 7) is 8.13. The molecule has 4 N–H and O–H groups in total. The number of anilines is 1. The van der Waals surface area contributed by atoms with Gasteiger partial charge in [0.2, 0.25) is 0 Å². The normalized spacial score (nSPS) is 11.1. The van der Waals surface area contributed by atoms with Crippen molar-refractivity contribution in [2.75, 3.05) is 31.5 Å². The van der Waals surface area contributed by atoms with E-state index < -0.39 is 6.09 Å². The van der Waals surface area contributed by atoms with Gasteiger partial charge in [0, 0.05) is 13.1 Å². The number of benzene rings is 1. The van der Waals surface area contributed by atoms with Gasteiger partial charge in [-0.3, -0.25) is 0 Å². The number of hydrogen-bond acceptors (Lipinski definition) is 6. The maximum absolute atomic E-state index is 11.1. The van der Waals surface area contributed by atoms with Gasteiger partial charge < -0.3 is 25.7 Å². The average molecular weight is 368 g/mol. The number of primary amides is 1. The summed E-state index contributed by atoms with van der Waals surface area (Å²) in [5, 5.41) is 3.34. The van der Waals surface area contributed by atoms with Gasteiger partial charge in [-0.2, -0.15) is 0 Å². The number of carbonyl (C=O) groups excluding carboxylic acids is 1. The maximum atomic E-state index is 11.1. The minimum absolute atomic E-state index is 0.316. The lowest BCUT2D eigenvalue weighted by Crippen LogP contribution is -2.28. The molecule has 1 amide bonds. The molecule has 8 heteroatoms. The lowest BCUT2D eigenvalue weighted by atomic mass is 10.3. The smallest absolute Gasteiger partial charge is 0.408 e.